The third-order valence-corrected chi connectivity index (χ3v) is 19.1. The number of carbonyl (C=O) groups excluding carboxylic acids is 5. The zero-order valence-electron chi connectivity index (χ0n) is 54.3. The first-order chi connectivity index (χ1) is 46.6. The average Bonchev–Trinajstić information content (AvgIpc) is 1.64. The summed E-state index contributed by atoms with van der Waals surface area (Å²) in [5.41, 5.74) is 5.57. The van der Waals surface area contributed by atoms with Crippen LogP contribution in [0.4, 0.5) is 29.7 Å². The van der Waals surface area contributed by atoms with Gasteiger partial charge >= 0.3 is 30.0 Å². The molecule has 4 fully saturated rings. The van der Waals surface area contributed by atoms with Crippen molar-refractivity contribution in [2.45, 2.75) is 69.2 Å². The molecule has 6 aliphatic rings. The second kappa shape index (κ2) is 30.1. The Balaban J connectivity index is 0.000000198. The van der Waals surface area contributed by atoms with E-state index in [0.29, 0.717) is 136 Å². The van der Waals surface area contributed by atoms with Crippen LogP contribution in [0, 0.1) is 11.6 Å². The maximum absolute atomic E-state index is 14.0. The van der Waals surface area contributed by atoms with E-state index >= 15 is 0 Å². The van der Waals surface area contributed by atoms with Gasteiger partial charge in [-0.25, -0.2) is 37.9 Å². The Morgan fingerprint density at radius 3 is 1.61 bits per heavy atom. The molecule has 4 saturated heterocycles. The number of aryl methyl sites for hydroxylation is 3. The number of hydrogen-bond donors (Lipinski definition) is 4. The molecule has 510 valence electrons. The number of fused-ring (bicyclic) bond motifs is 2. The molecule has 0 bridgehead atoms. The molecule has 2 aromatic heterocycles. The van der Waals surface area contributed by atoms with Crippen LogP contribution >= 0.6 is 34.5 Å². The molecule has 5 amide bonds. The van der Waals surface area contributed by atoms with Gasteiger partial charge in [0.1, 0.15) is 23.7 Å². The molecule has 0 spiro atoms. The number of nitrogens with zero attached hydrogens (tertiary/aromatic N) is 11. The molecule has 6 aliphatic heterocycles. The van der Waals surface area contributed by atoms with E-state index in [1.807, 2.05) is 84.6 Å². The van der Waals surface area contributed by atoms with E-state index in [1.54, 1.807) is 40.1 Å². The van der Waals surface area contributed by atoms with Crippen molar-refractivity contribution in [1.29, 1.82) is 0 Å². The first-order valence-corrected chi connectivity index (χ1v) is 33.1. The molecule has 6 aromatic rings. The summed E-state index contributed by atoms with van der Waals surface area (Å²) in [6, 6.07) is 21.1. The molecule has 12 rings (SSSR count). The molecule has 8 heterocycles. The van der Waals surface area contributed by atoms with Gasteiger partial charge < -0.3 is 49.6 Å². The predicted molar refractivity (Wildman–Crippen MR) is 362 cm³/mol. The van der Waals surface area contributed by atoms with Crippen LogP contribution in [-0.2, 0) is 53.3 Å². The van der Waals surface area contributed by atoms with Crippen molar-refractivity contribution in [2.24, 2.45) is 17.0 Å². The molecule has 0 radical (unpaired) electrons. The lowest BCUT2D eigenvalue weighted by molar-refractivity contribution is -0.137. The standard InChI is InChI=1S/C36H41ClFN7O5S.C32H33ClFN7O5/c1-36(2,21-49-3)42-29(46)12-7-22-5-9-24(10-6-22)45-19-25-18-43(14-15-44(25)35(45)48)20-28-30(34(47)50-4)31(26-11-8-23(38)17-27(26)37)41-32(40-28)33-39-13-16-51-33;1-38-12-11-35-30(38)29-36-25(27(31(44)46-2)28(37-29)23-9-6-20(34)15-24(23)33)18-39-13-14-40-22(16-39)17-41(32(40)45)21-7-3-19(4-8-21)5-10-26(42)43/h5-6,8-11,13,16-17,25,31H,7,12,14-15,18-21H2,1-4H3,(H,40,41)(H,42,46);3-4,6-9,11-12,15,22,28H,5,10,13-14,16-18H2,1-2H3,(H,36,37)(H,42,43)/t25-,31-;22-,28?/m00/s1. The van der Waals surface area contributed by atoms with E-state index in [-0.39, 0.29) is 57.7 Å². The number of halogens is 4. The highest BCUT2D eigenvalue weighted by Gasteiger charge is 2.45. The number of methoxy groups -OCH3 is 3. The lowest BCUT2D eigenvalue weighted by atomic mass is 9.95. The summed E-state index contributed by atoms with van der Waals surface area (Å²) in [5, 5.41) is 21.4. The first-order valence-electron chi connectivity index (χ1n) is 31.5. The number of aliphatic imine (C=N–C) groups is 2. The van der Waals surface area contributed by atoms with Crippen molar-refractivity contribution in [3.05, 3.63) is 186 Å². The minimum absolute atomic E-state index is 0.0448. The quantitative estimate of drug-likeness (QED) is 0.0499. The van der Waals surface area contributed by atoms with Crippen LogP contribution in [0.5, 0.6) is 0 Å². The van der Waals surface area contributed by atoms with Crippen LogP contribution < -0.4 is 25.8 Å². The molecule has 29 heteroatoms. The minimum Gasteiger partial charge on any atom is -0.481 e. The fourth-order valence-electron chi connectivity index (χ4n) is 12.9. The second-order valence-electron chi connectivity index (χ2n) is 24.9. The van der Waals surface area contributed by atoms with Gasteiger partial charge in [0.2, 0.25) is 5.91 Å². The highest BCUT2D eigenvalue weighted by molar-refractivity contribution is 7.11. The number of hydrogen-bond acceptors (Lipinski definition) is 18. The van der Waals surface area contributed by atoms with E-state index in [9.17, 15) is 37.5 Å². The highest BCUT2D eigenvalue weighted by atomic mass is 35.5. The number of rotatable bonds is 21. The number of nitrogens with one attached hydrogen (secondary N) is 3. The normalized spacial score (nSPS) is 19.7. The van der Waals surface area contributed by atoms with Gasteiger partial charge in [-0.15, -0.1) is 11.3 Å². The molecule has 97 heavy (non-hydrogen) atoms. The fraction of sp³-hybridized carbons (Fsp3) is 0.382. The summed E-state index contributed by atoms with van der Waals surface area (Å²) >= 11 is 14.4. The van der Waals surface area contributed by atoms with Gasteiger partial charge in [0.15, 0.2) is 22.5 Å². The van der Waals surface area contributed by atoms with Gasteiger partial charge in [-0.2, -0.15) is 0 Å². The molecular weight excluding hydrogens is 1310 g/mol. The number of esters is 2. The van der Waals surface area contributed by atoms with Crippen molar-refractivity contribution in [3.8, 4) is 0 Å². The van der Waals surface area contributed by atoms with Gasteiger partial charge in [-0.05, 0) is 86.3 Å². The SMILES string of the molecule is COC(=O)C1=C(CN2CCN3C(=O)N(c4ccc(CCC(=O)O)cc4)C[C@@H]3C2)NC(c2nccn2C)=NC1c1ccc(F)cc1Cl.COCC(C)(C)NC(=O)CCc1ccc(N2C[C@@H]3CN(CC4=C(C(=O)OC)[C@H](c5ccc(F)cc5Cl)N=C(c5nccs5)N4)CCN3C2=O)cc1. The van der Waals surface area contributed by atoms with E-state index in [1.165, 1.54) is 62.0 Å². The number of aliphatic carboxylic acids is 1. The molecule has 4 atom stereocenters. The van der Waals surface area contributed by atoms with Crippen LogP contribution in [-0.4, -0.2) is 198 Å². The molecule has 1 unspecified atom stereocenters. The minimum atomic E-state index is -0.883. The molecule has 24 nitrogen and oxygen atoms in total. The van der Waals surface area contributed by atoms with Gasteiger partial charge in [0, 0.05) is 160 Å². The van der Waals surface area contributed by atoms with Crippen LogP contribution in [0.3, 0.4) is 0 Å². The number of benzene rings is 4. The summed E-state index contributed by atoms with van der Waals surface area (Å²) < 4.78 is 45.5. The van der Waals surface area contributed by atoms with E-state index in [2.05, 4.69) is 35.7 Å². The molecule has 4 aromatic carbocycles. The third kappa shape index (κ3) is 15.8. The molecule has 0 saturated carbocycles. The molecular formula is C68H74Cl2F2N14O10S. The third-order valence-electron chi connectivity index (χ3n) is 17.6. The zero-order valence-corrected chi connectivity index (χ0v) is 56.6. The van der Waals surface area contributed by atoms with Gasteiger partial charge in [0.05, 0.1) is 49.6 Å². The highest BCUT2D eigenvalue weighted by Crippen LogP contribution is 2.40. The number of carboxylic acid groups (broad SMARTS) is 1. The summed E-state index contributed by atoms with van der Waals surface area (Å²) in [6.07, 6.45) is 6.49. The summed E-state index contributed by atoms with van der Waals surface area (Å²) in [6.45, 7) is 9.15. The van der Waals surface area contributed by atoms with Crippen molar-refractivity contribution in [3.63, 3.8) is 0 Å². The predicted octanol–water partition coefficient (Wildman–Crippen LogP) is 7.93. The number of imidazole rings is 1. The van der Waals surface area contributed by atoms with Crippen LogP contribution in [0.2, 0.25) is 10.0 Å². The lowest BCUT2D eigenvalue weighted by Crippen LogP contribution is -2.53. The Labute approximate surface area is 573 Å². The van der Waals surface area contributed by atoms with E-state index < -0.39 is 47.2 Å². The summed E-state index contributed by atoms with van der Waals surface area (Å²) in [4.78, 5) is 107. The van der Waals surface area contributed by atoms with Crippen molar-refractivity contribution in [1.82, 2.24) is 50.1 Å². The number of urea groups is 2. The maximum Gasteiger partial charge on any atom is 0.338 e. The van der Waals surface area contributed by atoms with Crippen molar-refractivity contribution >= 4 is 93.5 Å². The van der Waals surface area contributed by atoms with Crippen molar-refractivity contribution < 1.29 is 56.9 Å². The summed E-state index contributed by atoms with van der Waals surface area (Å²) in [7, 11) is 6.04. The van der Waals surface area contributed by atoms with Crippen LogP contribution in [0.15, 0.2) is 141 Å². The Bertz CT molecular complexity index is 4090. The largest absolute Gasteiger partial charge is 0.481 e. The summed E-state index contributed by atoms with van der Waals surface area (Å²) in [5.74, 6) is -1.64. The van der Waals surface area contributed by atoms with Crippen LogP contribution in [0.1, 0.15) is 71.9 Å². The average molecular weight is 1390 g/mol. The van der Waals surface area contributed by atoms with Gasteiger partial charge in [0.25, 0.3) is 0 Å². The van der Waals surface area contributed by atoms with E-state index in [0.717, 1.165) is 22.5 Å². The van der Waals surface area contributed by atoms with E-state index in [4.69, 9.17) is 52.5 Å². The van der Waals surface area contributed by atoms with Crippen LogP contribution in [0.25, 0.3) is 0 Å². The smallest absolute Gasteiger partial charge is 0.338 e. The number of piperazine rings is 2. The first kappa shape index (κ1) is 69.2. The number of aromatic nitrogens is 3. The fourth-order valence-corrected chi connectivity index (χ4v) is 14.1. The van der Waals surface area contributed by atoms with Crippen molar-refractivity contribution in [2.75, 3.05) is 103 Å². The Hall–Kier alpha value is -9.12. The zero-order chi connectivity index (χ0) is 68.8. The monoisotopic (exact) mass is 1390 g/mol. The number of amidine groups is 2. The molecule has 4 N–H and O–H groups in total. The Kier molecular flexibility index (Phi) is 21.5. The number of ether oxygens (including phenoxy) is 3. The number of anilines is 2. The lowest BCUT2D eigenvalue weighted by Gasteiger charge is -2.38. The number of carbonyl (C=O) groups is 6. The number of amides is 5. The maximum atomic E-state index is 14.0. The molecule has 0 aliphatic carbocycles. The second-order valence-corrected chi connectivity index (χ2v) is 26.6. The van der Waals surface area contributed by atoms with Gasteiger partial charge in [-0.3, -0.25) is 39.2 Å². The topological polar surface area (TPSA) is 261 Å². The van der Waals surface area contributed by atoms with Gasteiger partial charge in [-0.1, -0.05) is 59.6 Å². The number of thiazole rings is 1. The number of carboxylic acids is 1. The Morgan fingerprint density at radius 1 is 0.670 bits per heavy atom. The Morgan fingerprint density at radius 2 is 1.16 bits per heavy atom.